The second kappa shape index (κ2) is 34.4. The van der Waals surface area contributed by atoms with Crippen molar-refractivity contribution < 1.29 is 20.1 Å². The van der Waals surface area contributed by atoms with Crippen LogP contribution in [0.2, 0.25) is 0 Å². The summed E-state index contributed by atoms with van der Waals surface area (Å²) in [5, 5.41) is 33.3. The Morgan fingerprint density at radius 3 is 1.39 bits per heavy atom. The molecule has 3 unspecified atom stereocenters. The van der Waals surface area contributed by atoms with E-state index in [1.54, 1.807) is 0 Å². The molecule has 3 atom stereocenters. The molecule has 0 radical (unpaired) electrons. The molecule has 0 aliphatic rings. The molecule has 0 aliphatic heterocycles. The van der Waals surface area contributed by atoms with Gasteiger partial charge in [0, 0.05) is 6.42 Å². The third-order valence-corrected chi connectivity index (χ3v) is 8.44. The zero-order chi connectivity index (χ0) is 32.4. The number of rotatable bonds is 33. The van der Waals surface area contributed by atoms with Crippen molar-refractivity contribution in [3.63, 3.8) is 0 Å². The summed E-state index contributed by atoms with van der Waals surface area (Å²) < 4.78 is 0. The number of aliphatic hydroxyl groups is 3. The minimum atomic E-state index is -1.17. The molecule has 1 amide bonds. The molecule has 0 rings (SSSR count). The Bertz CT molecular complexity index is 690. The quantitative estimate of drug-likeness (QED) is 0.0435. The highest BCUT2D eigenvalue weighted by molar-refractivity contribution is 5.76. The van der Waals surface area contributed by atoms with Gasteiger partial charge in [0.2, 0.25) is 5.91 Å². The molecule has 0 saturated carbocycles. The lowest BCUT2D eigenvalue weighted by atomic mass is 10.0. The second-order valence-electron chi connectivity index (χ2n) is 12.8. The van der Waals surface area contributed by atoms with Crippen molar-refractivity contribution in [2.45, 2.75) is 199 Å². The molecular formula is C39H73NO4. The maximum atomic E-state index is 12.3. The maximum absolute atomic E-state index is 12.3. The molecule has 258 valence electrons. The zero-order valence-corrected chi connectivity index (χ0v) is 29.0. The number of hydrogen-bond acceptors (Lipinski definition) is 4. The van der Waals surface area contributed by atoms with Crippen LogP contribution in [0.25, 0.3) is 0 Å². The van der Waals surface area contributed by atoms with Crippen LogP contribution in [0.15, 0.2) is 36.5 Å². The minimum Gasteiger partial charge on any atom is -0.394 e. The Balaban J connectivity index is 3.80. The van der Waals surface area contributed by atoms with E-state index in [-0.39, 0.29) is 12.5 Å². The summed E-state index contributed by atoms with van der Waals surface area (Å²) in [4.78, 5) is 12.3. The van der Waals surface area contributed by atoms with Gasteiger partial charge in [-0.1, -0.05) is 134 Å². The van der Waals surface area contributed by atoms with Crippen LogP contribution in [-0.2, 0) is 4.79 Å². The topological polar surface area (TPSA) is 89.8 Å². The van der Waals surface area contributed by atoms with Crippen molar-refractivity contribution in [1.29, 1.82) is 0 Å². The molecule has 0 saturated heterocycles. The number of allylic oxidation sites excluding steroid dienone is 6. The first kappa shape index (κ1) is 42.6. The van der Waals surface area contributed by atoms with E-state index in [9.17, 15) is 20.1 Å². The largest absolute Gasteiger partial charge is 0.394 e. The van der Waals surface area contributed by atoms with Crippen molar-refractivity contribution in [3.8, 4) is 0 Å². The highest BCUT2D eigenvalue weighted by Gasteiger charge is 2.26. The van der Waals surface area contributed by atoms with Crippen LogP contribution >= 0.6 is 0 Å². The van der Waals surface area contributed by atoms with Gasteiger partial charge in [0.05, 0.1) is 18.8 Å². The lowest BCUT2D eigenvalue weighted by molar-refractivity contribution is -0.124. The number of aliphatic hydroxyl groups excluding tert-OH is 3. The van der Waals surface area contributed by atoms with E-state index in [0.717, 1.165) is 51.4 Å². The summed E-state index contributed by atoms with van der Waals surface area (Å²) in [5.41, 5.74) is 0. The first-order chi connectivity index (χ1) is 21.6. The molecule has 0 aromatic heterocycles. The predicted molar refractivity (Wildman–Crippen MR) is 190 cm³/mol. The molecular weight excluding hydrogens is 546 g/mol. The molecule has 0 heterocycles. The van der Waals surface area contributed by atoms with Crippen LogP contribution in [0.4, 0.5) is 0 Å². The normalized spacial score (nSPS) is 14.2. The Morgan fingerprint density at radius 1 is 0.545 bits per heavy atom. The number of amides is 1. The Kier molecular flexibility index (Phi) is 33.3. The Morgan fingerprint density at radius 2 is 0.932 bits per heavy atom. The van der Waals surface area contributed by atoms with Gasteiger partial charge >= 0.3 is 0 Å². The highest BCUT2D eigenvalue weighted by Crippen LogP contribution is 2.12. The SMILES string of the molecule is CCCCCCCC/C=C\CCCCCC(=O)NC(CO)C(O)C(O)CCC/C=C/CC/C=C/CCCCCCCCCC. The molecule has 0 spiro atoms. The van der Waals surface area contributed by atoms with Gasteiger partial charge in [-0.3, -0.25) is 4.79 Å². The van der Waals surface area contributed by atoms with Gasteiger partial charge in [-0.25, -0.2) is 0 Å². The summed E-state index contributed by atoms with van der Waals surface area (Å²) >= 11 is 0. The molecule has 4 N–H and O–H groups in total. The summed E-state index contributed by atoms with van der Waals surface area (Å²) in [6.45, 7) is 4.12. The number of carbonyl (C=O) groups excluding carboxylic acids is 1. The van der Waals surface area contributed by atoms with E-state index < -0.39 is 18.2 Å². The maximum Gasteiger partial charge on any atom is 0.220 e. The van der Waals surface area contributed by atoms with Crippen LogP contribution in [0.1, 0.15) is 181 Å². The summed E-state index contributed by atoms with van der Waals surface area (Å²) in [7, 11) is 0. The first-order valence-corrected chi connectivity index (χ1v) is 18.8. The molecule has 0 aromatic carbocycles. The molecule has 0 aromatic rings. The van der Waals surface area contributed by atoms with Crippen molar-refractivity contribution in [3.05, 3.63) is 36.5 Å². The average molecular weight is 620 g/mol. The summed E-state index contributed by atoms with van der Waals surface area (Å²) in [6.07, 6.45) is 40.9. The molecule has 5 nitrogen and oxygen atoms in total. The number of carbonyl (C=O) groups is 1. The zero-order valence-electron chi connectivity index (χ0n) is 29.0. The smallest absolute Gasteiger partial charge is 0.220 e. The fourth-order valence-electron chi connectivity index (χ4n) is 5.46. The standard InChI is InChI=1S/C39H73NO4/c1-3-5-7-9-11-13-15-17-18-19-20-22-23-25-27-29-31-33-37(42)39(44)36(35-41)40-38(43)34-32-30-28-26-24-21-16-14-12-10-8-6-4-2/h19-21,24-25,27,36-37,39,41-42,44H,3-18,22-23,26,28-35H2,1-2H3,(H,40,43)/b20-19+,24-21-,27-25+. The Labute approximate surface area is 273 Å². The molecule has 5 heteroatoms. The van der Waals surface area contributed by atoms with Gasteiger partial charge < -0.3 is 20.6 Å². The second-order valence-corrected chi connectivity index (χ2v) is 12.8. The highest BCUT2D eigenvalue weighted by atomic mass is 16.3. The predicted octanol–water partition coefficient (Wildman–Crippen LogP) is 10.0. The summed E-state index contributed by atoms with van der Waals surface area (Å²) in [6, 6.07) is -0.837. The lowest BCUT2D eigenvalue weighted by Crippen LogP contribution is -2.50. The number of unbranched alkanes of at least 4 members (excludes halogenated alkanes) is 19. The van der Waals surface area contributed by atoms with Gasteiger partial charge in [0.25, 0.3) is 0 Å². The van der Waals surface area contributed by atoms with Crippen molar-refractivity contribution in [2.75, 3.05) is 6.61 Å². The number of nitrogens with one attached hydrogen (secondary N) is 1. The van der Waals surface area contributed by atoms with Crippen molar-refractivity contribution in [1.82, 2.24) is 5.32 Å². The van der Waals surface area contributed by atoms with Crippen LogP contribution in [0, 0.1) is 0 Å². The van der Waals surface area contributed by atoms with E-state index >= 15 is 0 Å². The molecule has 0 aliphatic carbocycles. The minimum absolute atomic E-state index is 0.177. The van der Waals surface area contributed by atoms with E-state index in [0.29, 0.717) is 12.8 Å². The Hall–Kier alpha value is -1.43. The van der Waals surface area contributed by atoms with Gasteiger partial charge in [-0.15, -0.1) is 0 Å². The molecule has 44 heavy (non-hydrogen) atoms. The van der Waals surface area contributed by atoms with Gasteiger partial charge in [0.1, 0.15) is 6.10 Å². The van der Waals surface area contributed by atoms with Gasteiger partial charge in [0.15, 0.2) is 0 Å². The van der Waals surface area contributed by atoms with E-state index in [1.165, 1.54) is 103 Å². The first-order valence-electron chi connectivity index (χ1n) is 18.8. The number of hydrogen-bond donors (Lipinski definition) is 4. The monoisotopic (exact) mass is 620 g/mol. The van der Waals surface area contributed by atoms with Crippen LogP contribution in [0.5, 0.6) is 0 Å². The van der Waals surface area contributed by atoms with Gasteiger partial charge in [-0.2, -0.15) is 0 Å². The van der Waals surface area contributed by atoms with E-state index in [2.05, 4.69) is 55.6 Å². The van der Waals surface area contributed by atoms with Gasteiger partial charge in [-0.05, 0) is 77.0 Å². The average Bonchev–Trinajstić information content (AvgIpc) is 3.03. The van der Waals surface area contributed by atoms with Crippen molar-refractivity contribution >= 4 is 5.91 Å². The fraction of sp³-hybridized carbons (Fsp3) is 0.821. The lowest BCUT2D eigenvalue weighted by Gasteiger charge is -2.26. The fourth-order valence-corrected chi connectivity index (χ4v) is 5.46. The third-order valence-electron chi connectivity index (χ3n) is 8.44. The van der Waals surface area contributed by atoms with Crippen LogP contribution in [-0.4, -0.2) is 46.1 Å². The summed E-state index contributed by atoms with van der Waals surface area (Å²) in [5.74, 6) is -0.177. The molecule has 0 fully saturated rings. The molecule has 0 bridgehead atoms. The van der Waals surface area contributed by atoms with Crippen molar-refractivity contribution in [2.24, 2.45) is 0 Å². The third kappa shape index (κ3) is 29.3. The van der Waals surface area contributed by atoms with Crippen LogP contribution in [0.3, 0.4) is 0 Å². The van der Waals surface area contributed by atoms with Crippen LogP contribution < -0.4 is 5.32 Å². The van der Waals surface area contributed by atoms with E-state index in [4.69, 9.17) is 0 Å². The van der Waals surface area contributed by atoms with E-state index in [1.807, 2.05) is 0 Å².